The van der Waals surface area contributed by atoms with E-state index in [2.05, 4.69) is 0 Å². The van der Waals surface area contributed by atoms with Crippen molar-refractivity contribution in [3.63, 3.8) is 0 Å². The zero-order valence-corrected chi connectivity index (χ0v) is 17.2. The predicted octanol–water partition coefficient (Wildman–Crippen LogP) is 1.74. The fraction of sp³-hybridized carbons (Fsp3) is 0.647. The van der Waals surface area contributed by atoms with E-state index in [0.29, 0.717) is 30.8 Å². The summed E-state index contributed by atoms with van der Waals surface area (Å²) in [6, 6.07) is 2.11. The van der Waals surface area contributed by atoms with E-state index in [9.17, 15) is 31.2 Å². The molecule has 162 valence electrons. The summed E-state index contributed by atoms with van der Waals surface area (Å²) in [6.07, 6.45) is -2.14. The number of alkyl halides is 3. The number of amides is 2. The first-order chi connectivity index (χ1) is 13.6. The molecule has 0 radical (unpaired) electrons. The van der Waals surface area contributed by atoms with Crippen LogP contribution in [0, 0.1) is 0 Å². The smallest absolute Gasteiger partial charge is 0.345 e. The molecule has 29 heavy (non-hydrogen) atoms. The molecule has 1 unspecified atom stereocenters. The number of sulfonamides is 1. The Morgan fingerprint density at radius 3 is 2.48 bits per heavy atom. The van der Waals surface area contributed by atoms with Crippen LogP contribution in [0.1, 0.15) is 30.6 Å². The van der Waals surface area contributed by atoms with Crippen molar-refractivity contribution in [1.82, 2.24) is 14.5 Å². The SMILES string of the molecule is O=C(NCC(F)(F)F)C1CCCN1C(=O)Cc1ccc(S(=O)(=O)N2CCCC2)s1. The van der Waals surface area contributed by atoms with Gasteiger partial charge in [0, 0.05) is 24.5 Å². The number of nitrogens with zero attached hydrogens (tertiary/aromatic N) is 2. The van der Waals surface area contributed by atoms with Crippen LogP contribution in [0.3, 0.4) is 0 Å². The fourth-order valence-electron chi connectivity index (χ4n) is 3.54. The van der Waals surface area contributed by atoms with Gasteiger partial charge < -0.3 is 10.2 Å². The van der Waals surface area contributed by atoms with Gasteiger partial charge in [0.25, 0.3) is 10.0 Å². The predicted molar refractivity (Wildman–Crippen MR) is 99.8 cm³/mol. The van der Waals surface area contributed by atoms with Crippen LogP contribution in [0.25, 0.3) is 0 Å². The van der Waals surface area contributed by atoms with Crippen molar-refractivity contribution in [2.75, 3.05) is 26.2 Å². The molecule has 0 spiro atoms. The summed E-state index contributed by atoms with van der Waals surface area (Å²) in [7, 11) is -3.56. The number of carbonyl (C=O) groups excluding carboxylic acids is 2. The first-order valence-electron chi connectivity index (χ1n) is 9.31. The van der Waals surface area contributed by atoms with E-state index in [1.54, 1.807) is 6.07 Å². The summed E-state index contributed by atoms with van der Waals surface area (Å²) in [5.41, 5.74) is 0. The highest BCUT2D eigenvalue weighted by atomic mass is 32.2. The molecule has 1 atom stereocenters. The molecular weight excluding hydrogens is 431 g/mol. The van der Waals surface area contributed by atoms with Crippen LogP contribution < -0.4 is 5.32 Å². The first kappa shape index (κ1) is 22.0. The van der Waals surface area contributed by atoms with E-state index < -0.39 is 40.6 Å². The molecule has 12 heteroatoms. The number of halogens is 3. The lowest BCUT2D eigenvalue weighted by Gasteiger charge is -2.24. The second-order valence-corrected chi connectivity index (χ2v) is 10.4. The van der Waals surface area contributed by atoms with Gasteiger partial charge in [0.05, 0.1) is 6.42 Å². The second-order valence-electron chi connectivity index (χ2n) is 7.09. The van der Waals surface area contributed by atoms with E-state index >= 15 is 0 Å². The zero-order valence-electron chi connectivity index (χ0n) is 15.6. The molecule has 0 bridgehead atoms. The van der Waals surface area contributed by atoms with Gasteiger partial charge in [-0.2, -0.15) is 17.5 Å². The summed E-state index contributed by atoms with van der Waals surface area (Å²) < 4.78 is 63.7. The molecule has 0 aliphatic carbocycles. The lowest BCUT2D eigenvalue weighted by molar-refractivity contribution is -0.144. The maximum atomic E-state index is 12.6. The van der Waals surface area contributed by atoms with Crippen LogP contribution in [0.15, 0.2) is 16.3 Å². The maximum Gasteiger partial charge on any atom is 0.405 e. The number of likely N-dealkylation sites (tertiary alicyclic amines) is 1. The molecule has 3 rings (SSSR count). The minimum absolute atomic E-state index is 0.0940. The summed E-state index contributed by atoms with van der Waals surface area (Å²) in [5, 5.41) is 1.83. The lowest BCUT2D eigenvalue weighted by Crippen LogP contribution is -2.48. The molecule has 7 nitrogen and oxygen atoms in total. The molecule has 2 amide bonds. The first-order valence-corrected chi connectivity index (χ1v) is 11.6. The van der Waals surface area contributed by atoms with Crippen molar-refractivity contribution in [2.45, 2.75) is 48.5 Å². The van der Waals surface area contributed by atoms with Crippen molar-refractivity contribution in [3.8, 4) is 0 Å². The van der Waals surface area contributed by atoms with Gasteiger partial charge in [-0.15, -0.1) is 11.3 Å². The van der Waals surface area contributed by atoms with Crippen LogP contribution in [0.5, 0.6) is 0 Å². The molecule has 2 saturated heterocycles. The van der Waals surface area contributed by atoms with Crippen molar-refractivity contribution in [2.24, 2.45) is 0 Å². The average Bonchev–Trinajstić information content (AvgIpc) is 3.39. The Hall–Kier alpha value is -1.66. The molecule has 1 N–H and O–H groups in total. The number of nitrogens with one attached hydrogen (secondary N) is 1. The number of rotatable bonds is 6. The lowest BCUT2D eigenvalue weighted by atomic mass is 10.2. The van der Waals surface area contributed by atoms with Crippen LogP contribution in [0.2, 0.25) is 0 Å². The van der Waals surface area contributed by atoms with E-state index in [1.807, 2.05) is 5.32 Å². The molecule has 3 heterocycles. The standard InChI is InChI=1S/C17H22F3N3O4S2/c18-17(19,20)11-21-16(25)13-4-3-9-23(13)14(24)10-12-5-6-15(28-12)29(26,27)22-7-1-2-8-22/h5-6,13H,1-4,7-11H2,(H,21,25). The highest BCUT2D eigenvalue weighted by Crippen LogP contribution is 2.28. The third kappa shape index (κ3) is 5.28. The third-order valence-electron chi connectivity index (χ3n) is 4.96. The molecule has 2 fully saturated rings. The largest absolute Gasteiger partial charge is 0.405 e. The van der Waals surface area contributed by atoms with Crippen molar-refractivity contribution in [1.29, 1.82) is 0 Å². The van der Waals surface area contributed by atoms with Gasteiger partial charge in [-0.3, -0.25) is 9.59 Å². The van der Waals surface area contributed by atoms with Gasteiger partial charge in [0.2, 0.25) is 11.8 Å². The highest BCUT2D eigenvalue weighted by molar-refractivity contribution is 7.91. The Bertz CT molecular complexity index is 864. The normalized spacial score (nSPS) is 20.9. The minimum atomic E-state index is -4.52. The Kier molecular flexibility index (Phi) is 6.54. The number of thiophene rings is 1. The Labute approximate surface area is 170 Å². The van der Waals surface area contributed by atoms with Crippen LogP contribution >= 0.6 is 11.3 Å². The number of hydrogen-bond donors (Lipinski definition) is 1. The van der Waals surface area contributed by atoms with Gasteiger partial charge in [-0.05, 0) is 37.8 Å². The Morgan fingerprint density at radius 2 is 1.83 bits per heavy atom. The highest BCUT2D eigenvalue weighted by Gasteiger charge is 2.36. The fourth-order valence-corrected chi connectivity index (χ4v) is 6.56. The van der Waals surface area contributed by atoms with Crippen molar-refractivity contribution >= 4 is 33.2 Å². The van der Waals surface area contributed by atoms with E-state index in [-0.39, 0.29) is 17.2 Å². The molecule has 0 saturated carbocycles. The summed E-state index contributed by atoms with van der Waals surface area (Å²) in [5.74, 6) is -1.22. The molecule has 0 aromatic carbocycles. The quantitative estimate of drug-likeness (QED) is 0.711. The molecular formula is C17H22F3N3O4S2. The number of hydrogen-bond acceptors (Lipinski definition) is 5. The molecule has 2 aliphatic rings. The number of carbonyl (C=O) groups is 2. The molecule has 2 aliphatic heterocycles. The van der Waals surface area contributed by atoms with Crippen LogP contribution in [-0.2, 0) is 26.0 Å². The van der Waals surface area contributed by atoms with E-state index in [1.165, 1.54) is 15.3 Å². The van der Waals surface area contributed by atoms with Gasteiger partial charge in [0.1, 0.15) is 16.8 Å². The summed E-state index contributed by atoms with van der Waals surface area (Å²) in [4.78, 5) is 26.5. The van der Waals surface area contributed by atoms with Crippen LogP contribution in [-0.4, -0.2) is 67.8 Å². The van der Waals surface area contributed by atoms with Gasteiger partial charge >= 0.3 is 6.18 Å². The topological polar surface area (TPSA) is 86.8 Å². The summed E-state index contributed by atoms with van der Waals surface area (Å²) in [6.45, 7) is -0.186. The molecule has 1 aromatic heterocycles. The zero-order chi connectivity index (χ0) is 21.2. The van der Waals surface area contributed by atoms with E-state index in [0.717, 1.165) is 24.2 Å². The second kappa shape index (κ2) is 8.60. The van der Waals surface area contributed by atoms with Gasteiger partial charge in [0.15, 0.2) is 0 Å². The van der Waals surface area contributed by atoms with Crippen LogP contribution in [0.4, 0.5) is 13.2 Å². The van der Waals surface area contributed by atoms with Crippen molar-refractivity contribution < 1.29 is 31.2 Å². The van der Waals surface area contributed by atoms with Crippen molar-refractivity contribution in [3.05, 3.63) is 17.0 Å². The van der Waals surface area contributed by atoms with Gasteiger partial charge in [-0.1, -0.05) is 0 Å². The average molecular weight is 454 g/mol. The van der Waals surface area contributed by atoms with Gasteiger partial charge in [-0.25, -0.2) is 8.42 Å². The maximum absolute atomic E-state index is 12.6. The monoisotopic (exact) mass is 453 g/mol. The molecule has 1 aromatic rings. The Morgan fingerprint density at radius 1 is 1.14 bits per heavy atom. The third-order valence-corrected chi connectivity index (χ3v) is 8.41. The minimum Gasteiger partial charge on any atom is -0.345 e. The Balaban J connectivity index is 1.62. The van der Waals surface area contributed by atoms with E-state index in [4.69, 9.17) is 0 Å². The summed E-state index contributed by atoms with van der Waals surface area (Å²) >= 11 is 1.01.